The van der Waals surface area contributed by atoms with Crippen LogP contribution in [0.4, 0.5) is 0 Å². The van der Waals surface area contributed by atoms with Gasteiger partial charge in [-0.05, 0) is 43.8 Å². The van der Waals surface area contributed by atoms with E-state index in [1.807, 2.05) is 56.7 Å². The van der Waals surface area contributed by atoms with E-state index in [4.69, 9.17) is 10.5 Å². The first-order chi connectivity index (χ1) is 12.1. The van der Waals surface area contributed by atoms with Gasteiger partial charge < -0.3 is 20.4 Å². The highest BCUT2D eigenvalue weighted by atomic mass is 16.5. The monoisotopic (exact) mass is 337 g/mol. The lowest BCUT2D eigenvalue weighted by Gasteiger charge is -2.12. The summed E-state index contributed by atoms with van der Waals surface area (Å²) in [7, 11) is 4.08. The number of aromatic amines is 1. The minimum atomic E-state index is -0.444. The predicted molar refractivity (Wildman–Crippen MR) is 99.8 cm³/mol. The van der Waals surface area contributed by atoms with Crippen LogP contribution in [0.25, 0.3) is 10.9 Å². The van der Waals surface area contributed by atoms with E-state index in [1.165, 1.54) is 0 Å². The zero-order valence-corrected chi connectivity index (χ0v) is 14.6. The number of rotatable bonds is 7. The molecule has 0 radical (unpaired) electrons. The van der Waals surface area contributed by atoms with Gasteiger partial charge in [0.1, 0.15) is 12.4 Å². The van der Waals surface area contributed by atoms with Crippen molar-refractivity contribution in [3.8, 4) is 5.75 Å². The summed E-state index contributed by atoms with van der Waals surface area (Å²) in [5.74, 6) is 0.319. The van der Waals surface area contributed by atoms with E-state index in [9.17, 15) is 4.79 Å². The molecule has 1 aromatic heterocycles. The molecule has 0 fully saturated rings. The Morgan fingerprint density at radius 3 is 2.60 bits per heavy atom. The number of aromatic nitrogens is 1. The van der Waals surface area contributed by atoms with E-state index in [-0.39, 0.29) is 0 Å². The molecule has 0 saturated carbocycles. The number of nitrogens with one attached hydrogen (secondary N) is 1. The van der Waals surface area contributed by atoms with Crippen LogP contribution in [-0.4, -0.2) is 36.4 Å². The van der Waals surface area contributed by atoms with Crippen LogP contribution in [0.15, 0.2) is 48.7 Å². The van der Waals surface area contributed by atoms with Crippen LogP contribution in [0.1, 0.15) is 21.5 Å². The number of ether oxygens (including phenoxy) is 1. The first-order valence-electron chi connectivity index (χ1n) is 8.30. The van der Waals surface area contributed by atoms with E-state index < -0.39 is 5.91 Å². The Morgan fingerprint density at radius 1 is 1.16 bits per heavy atom. The lowest BCUT2D eigenvalue weighted by atomic mass is 10.1. The number of hydrogen-bond acceptors (Lipinski definition) is 3. The molecule has 2 aromatic carbocycles. The summed E-state index contributed by atoms with van der Waals surface area (Å²) >= 11 is 0. The summed E-state index contributed by atoms with van der Waals surface area (Å²) in [5, 5.41) is 0.939. The molecular formula is C20H23N3O2. The maximum atomic E-state index is 11.7. The number of H-pyrrole nitrogens is 1. The standard InChI is InChI=1S/C20H23N3O2/c1-23(2)11-10-15-12-22-19-16(20(21)24)8-9-17(18(15)19)25-13-14-6-4-3-5-7-14/h3-9,12,22H,10-11,13H2,1-2H3,(H2,21,24). The molecule has 0 aliphatic rings. The third-order valence-electron chi connectivity index (χ3n) is 4.21. The quantitative estimate of drug-likeness (QED) is 0.696. The van der Waals surface area contributed by atoms with Gasteiger partial charge in [-0.15, -0.1) is 0 Å². The van der Waals surface area contributed by atoms with Crippen molar-refractivity contribution in [2.45, 2.75) is 13.0 Å². The van der Waals surface area contributed by atoms with Crippen LogP contribution < -0.4 is 10.5 Å². The number of carbonyl (C=O) groups is 1. The molecule has 25 heavy (non-hydrogen) atoms. The molecule has 5 nitrogen and oxygen atoms in total. The van der Waals surface area contributed by atoms with Gasteiger partial charge in [0.15, 0.2) is 0 Å². The molecule has 0 bridgehead atoms. The van der Waals surface area contributed by atoms with Gasteiger partial charge >= 0.3 is 0 Å². The lowest BCUT2D eigenvalue weighted by molar-refractivity contribution is 0.100. The molecule has 0 unspecified atom stereocenters. The number of fused-ring (bicyclic) bond motifs is 1. The van der Waals surface area contributed by atoms with Crippen molar-refractivity contribution in [2.75, 3.05) is 20.6 Å². The van der Waals surface area contributed by atoms with Gasteiger partial charge in [0.25, 0.3) is 5.91 Å². The molecule has 130 valence electrons. The molecule has 0 aliphatic carbocycles. The Morgan fingerprint density at radius 2 is 1.92 bits per heavy atom. The number of primary amides is 1. The molecule has 0 aliphatic heterocycles. The van der Waals surface area contributed by atoms with Crippen LogP contribution in [0.5, 0.6) is 5.75 Å². The zero-order chi connectivity index (χ0) is 17.8. The normalized spacial score (nSPS) is 11.2. The molecule has 5 heteroatoms. The van der Waals surface area contributed by atoms with E-state index in [0.29, 0.717) is 12.2 Å². The molecule has 3 N–H and O–H groups in total. The van der Waals surface area contributed by atoms with Crippen molar-refractivity contribution in [3.63, 3.8) is 0 Å². The Balaban J connectivity index is 1.97. The van der Waals surface area contributed by atoms with Crippen molar-refractivity contribution in [1.82, 2.24) is 9.88 Å². The maximum absolute atomic E-state index is 11.7. The van der Waals surface area contributed by atoms with Crippen molar-refractivity contribution in [3.05, 3.63) is 65.4 Å². The molecular weight excluding hydrogens is 314 g/mol. The SMILES string of the molecule is CN(C)CCc1c[nH]c2c(C(N)=O)ccc(OCc3ccccc3)c12. The fourth-order valence-corrected chi connectivity index (χ4v) is 2.89. The van der Waals surface area contributed by atoms with Gasteiger partial charge in [0.05, 0.1) is 11.1 Å². The Labute approximate surface area is 147 Å². The highest BCUT2D eigenvalue weighted by Crippen LogP contribution is 2.32. The number of nitrogens with zero attached hydrogens (tertiary/aromatic N) is 1. The second-order valence-corrected chi connectivity index (χ2v) is 6.37. The summed E-state index contributed by atoms with van der Waals surface area (Å²) in [5.41, 5.74) is 8.96. The van der Waals surface area contributed by atoms with Crippen molar-refractivity contribution in [2.24, 2.45) is 5.73 Å². The van der Waals surface area contributed by atoms with Gasteiger partial charge in [-0.1, -0.05) is 30.3 Å². The van der Waals surface area contributed by atoms with Crippen LogP contribution in [0, 0.1) is 0 Å². The number of hydrogen-bond donors (Lipinski definition) is 2. The lowest BCUT2D eigenvalue weighted by Crippen LogP contribution is -2.15. The first kappa shape index (κ1) is 17.0. The minimum Gasteiger partial charge on any atom is -0.488 e. The number of benzene rings is 2. The predicted octanol–water partition coefficient (Wildman–Crippen LogP) is 2.95. The molecule has 0 atom stereocenters. The Kier molecular flexibility index (Phi) is 5.05. The first-order valence-corrected chi connectivity index (χ1v) is 8.30. The van der Waals surface area contributed by atoms with Crippen molar-refractivity contribution in [1.29, 1.82) is 0 Å². The summed E-state index contributed by atoms with van der Waals surface area (Å²) < 4.78 is 6.06. The van der Waals surface area contributed by atoms with E-state index >= 15 is 0 Å². The van der Waals surface area contributed by atoms with Crippen LogP contribution >= 0.6 is 0 Å². The minimum absolute atomic E-state index is 0.444. The van der Waals surface area contributed by atoms with Gasteiger partial charge in [0.2, 0.25) is 0 Å². The summed E-state index contributed by atoms with van der Waals surface area (Å²) in [6.07, 6.45) is 2.80. The second-order valence-electron chi connectivity index (χ2n) is 6.37. The third kappa shape index (κ3) is 3.83. The molecule has 0 saturated heterocycles. The second kappa shape index (κ2) is 7.40. The van der Waals surface area contributed by atoms with Crippen molar-refractivity contribution < 1.29 is 9.53 Å². The van der Waals surface area contributed by atoms with Crippen LogP contribution in [0.3, 0.4) is 0 Å². The summed E-state index contributed by atoms with van der Waals surface area (Å²) in [6, 6.07) is 13.6. The summed E-state index contributed by atoms with van der Waals surface area (Å²) in [4.78, 5) is 17.1. The third-order valence-corrected chi connectivity index (χ3v) is 4.21. The fourth-order valence-electron chi connectivity index (χ4n) is 2.89. The number of amides is 1. The van der Waals surface area contributed by atoms with Crippen LogP contribution in [0.2, 0.25) is 0 Å². The van der Waals surface area contributed by atoms with Crippen molar-refractivity contribution >= 4 is 16.8 Å². The number of likely N-dealkylation sites (N-methyl/N-ethyl adjacent to an activating group) is 1. The molecule has 1 amide bonds. The molecule has 3 aromatic rings. The van der Waals surface area contributed by atoms with E-state index in [1.54, 1.807) is 6.07 Å². The van der Waals surface area contributed by atoms with Crippen LogP contribution in [-0.2, 0) is 13.0 Å². The highest BCUT2D eigenvalue weighted by molar-refractivity contribution is 6.07. The Bertz CT molecular complexity index is 869. The molecule has 1 heterocycles. The van der Waals surface area contributed by atoms with Gasteiger partial charge in [-0.3, -0.25) is 4.79 Å². The van der Waals surface area contributed by atoms with E-state index in [2.05, 4.69) is 9.88 Å². The topological polar surface area (TPSA) is 71.3 Å². The Hall–Kier alpha value is -2.79. The number of carbonyl (C=O) groups excluding carboxylic acids is 1. The summed E-state index contributed by atoms with van der Waals surface area (Å²) in [6.45, 7) is 1.38. The zero-order valence-electron chi connectivity index (χ0n) is 14.6. The number of nitrogens with two attached hydrogens (primary N) is 1. The smallest absolute Gasteiger partial charge is 0.250 e. The molecule has 0 spiro atoms. The largest absolute Gasteiger partial charge is 0.488 e. The fraction of sp³-hybridized carbons (Fsp3) is 0.250. The molecule has 3 rings (SSSR count). The average molecular weight is 337 g/mol. The van der Waals surface area contributed by atoms with E-state index in [0.717, 1.165) is 40.7 Å². The maximum Gasteiger partial charge on any atom is 0.250 e. The van der Waals surface area contributed by atoms with Gasteiger partial charge in [-0.25, -0.2) is 0 Å². The highest BCUT2D eigenvalue weighted by Gasteiger charge is 2.16. The van der Waals surface area contributed by atoms with Gasteiger partial charge in [0, 0.05) is 18.1 Å². The average Bonchev–Trinajstić information content (AvgIpc) is 3.03. The van der Waals surface area contributed by atoms with Gasteiger partial charge in [-0.2, -0.15) is 0 Å².